The van der Waals surface area contributed by atoms with Crippen molar-refractivity contribution in [3.05, 3.63) is 0 Å². The highest BCUT2D eigenvalue weighted by Crippen LogP contribution is 2.58. The van der Waals surface area contributed by atoms with E-state index in [1.54, 1.807) is 0 Å². The molecule has 0 aliphatic heterocycles. The average molecular weight is 220 g/mol. The smallest absolute Gasteiger partial charge is 0.362 e. The molecule has 0 aromatic carbocycles. The largest absolute Gasteiger partial charge is 0.478 e. The Morgan fingerprint density at radius 1 is 1.50 bits per heavy atom. The van der Waals surface area contributed by atoms with Crippen LogP contribution in [0.25, 0.3) is 0 Å². The van der Waals surface area contributed by atoms with Crippen LogP contribution in [0.2, 0.25) is 0 Å². The number of hydrogen-bond donors (Lipinski definition) is 1. The Balaban J connectivity index is 5.49. The summed E-state index contributed by atoms with van der Waals surface area (Å²) >= 11 is 0. The first kappa shape index (κ1) is 13.2. The highest BCUT2D eigenvalue weighted by atomic mass is 31.2. The summed E-state index contributed by atoms with van der Waals surface area (Å²) in [6.45, 7) is 4.35. The van der Waals surface area contributed by atoms with Crippen LogP contribution in [-0.4, -0.2) is 28.8 Å². The molecule has 0 rings (SSSR count). The summed E-state index contributed by atoms with van der Waals surface area (Å²) in [7, 11) is -3.42. The maximum atomic E-state index is 13.9. The van der Waals surface area contributed by atoms with Gasteiger partial charge in [0, 0.05) is 12.3 Å². The van der Waals surface area contributed by atoms with Crippen LogP contribution in [0.1, 0.15) is 20.8 Å². The van der Waals surface area contributed by atoms with Gasteiger partial charge in [-0.15, -0.1) is 5.92 Å². The van der Waals surface area contributed by atoms with Crippen LogP contribution in [0.3, 0.4) is 0 Å². The molecule has 1 unspecified atom stereocenters. The van der Waals surface area contributed by atoms with E-state index >= 15 is 0 Å². The molecule has 1 N–H and O–H groups in total. The molecule has 14 heavy (non-hydrogen) atoms. The van der Waals surface area contributed by atoms with Crippen molar-refractivity contribution in [2.45, 2.75) is 26.2 Å². The Kier molecular flexibility index (Phi) is 4.35. The molecule has 80 valence electrons. The van der Waals surface area contributed by atoms with E-state index in [1.165, 1.54) is 20.8 Å². The summed E-state index contributed by atoms with van der Waals surface area (Å²) in [4.78, 5) is 10.7. The third-order valence-electron chi connectivity index (χ3n) is 2.16. The number of rotatable bonds is 4. The van der Waals surface area contributed by atoms with E-state index in [4.69, 9.17) is 5.11 Å². The quantitative estimate of drug-likeness (QED) is 0.583. The molecule has 0 aromatic rings. The summed E-state index contributed by atoms with van der Waals surface area (Å²) in [5.74, 6) is 2.36. The van der Waals surface area contributed by atoms with Crippen LogP contribution >= 0.6 is 7.14 Å². The molecule has 0 radical (unpaired) electrons. The lowest BCUT2D eigenvalue weighted by Gasteiger charge is -2.24. The van der Waals surface area contributed by atoms with Gasteiger partial charge in [-0.25, -0.2) is 9.18 Å². The molecule has 0 aliphatic carbocycles. The number of hydrogen-bond acceptors (Lipinski definition) is 2. The van der Waals surface area contributed by atoms with Crippen molar-refractivity contribution >= 4 is 13.1 Å². The minimum Gasteiger partial charge on any atom is -0.478 e. The van der Waals surface area contributed by atoms with Crippen molar-refractivity contribution < 1.29 is 18.9 Å². The molecule has 0 spiro atoms. The molecule has 5 heteroatoms. The standard InChI is InChI=1S/C9H14FO3P/c1-4-7-9(10,8(11)12)14(13,5-2)6-3/h5-6H2,1-3H3,(H,11,12). The molecule has 0 fully saturated rings. The first-order valence-electron chi connectivity index (χ1n) is 4.32. The fourth-order valence-corrected chi connectivity index (χ4v) is 3.14. The monoisotopic (exact) mass is 220 g/mol. The van der Waals surface area contributed by atoms with E-state index < -0.39 is 18.5 Å². The van der Waals surface area contributed by atoms with Gasteiger partial charge in [0.25, 0.3) is 0 Å². The topological polar surface area (TPSA) is 54.4 Å². The third kappa shape index (κ3) is 1.99. The lowest BCUT2D eigenvalue weighted by molar-refractivity contribution is -0.142. The van der Waals surface area contributed by atoms with Gasteiger partial charge in [-0.05, 0) is 12.8 Å². The summed E-state index contributed by atoms with van der Waals surface area (Å²) in [5.41, 5.74) is 0. The molecular weight excluding hydrogens is 206 g/mol. The normalized spacial score (nSPS) is 15.1. The second kappa shape index (κ2) is 4.61. The minimum atomic E-state index is -3.42. The fraction of sp³-hybridized carbons (Fsp3) is 0.667. The molecule has 3 nitrogen and oxygen atoms in total. The van der Waals surface area contributed by atoms with Gasteiger partial charge in [0.2, 0.25) is 0 Å². The van der Waals surface area contributed by atoms with Gasteiger partial charge in [-0.3, -0.25) is 0 Å². The van der Waals surface area contributed by atoms with E-state index in [0.29, 0.717) is 0 Å². The van der Waals surface area contributed by atoms with Gasteiger partial charge in [0.15, 0.2) is 0 Å². The summed E-state index contributed by atoms with van der Waals surface area (Å²) in [6.07, 6.45) is 0.00194. The molecule has 0 bridgehead atoms. The molecule has 0 heterocycles. The van der Waals surface area contributed by atoms with Gasteiger partial charge in [-0.2, -0.15) is 0 Å². The SMILES string of the molecule is CC#CC(F)(C(=O)O)P(=O)(CC)CC. The second-order valence-electron chi connectivity index (χ2n) is 2.82. The lowest BCUT2D eigenvalue weighted by atomic mass is 10.4. The molecule has 0 saturated heterocycles. The highest BCUT2D eigenvalue weighted by Gasteiger charge is 2.52. The van der Waals surface area contributed by atoms with Crippen molar-refractivity contribution in [2.75, 3.05) is 12.3 Å². The van der Waals surface area contributed by atoms with Crippen LogP contribution < -0.4 is 0 Å². The Morgan fingerprint density at radius 3 is 2.14 bits per heavy atom. The van der Waals surface area contributed by atoms with Crippen molar-refractivity contribution in [3.8, 4) is 11.8 Å². The Morgan fingerprint density at radius 2 is 1.93 bits per heavy atom. The number of alkyl halides is 1. The van der Waals surface area contributed by atoms with Crippen molar-refractivity contribution in [1.82, 2.24) is 0 Å². The zero-order valence-corrected chi connectivity index (χ0v) is 9.40. The van der Waals surface area contributed by atoms with Crippen LogP contribution in [0.15, 0.2) is 0 Å². The second-order valence-corrected chi connectivity index (χ2v) is 6.48. The third-order valence-corrected chi connectivity index (χ3v) is 5.63. The van der Waals surface area contributed by atoms with Gasteiger partial charge in [-0.1, -0.05) is 13.8 Å². The Bertz CT molecular complexity index is 321. The molecule has 1 atom stereocenters. The van der Waals surface area contributed by atoms with Gasteiger partial charge in [0.1, 0.15) is 7.14 Å². The Labute approximate surface area is 83.1 Å². The maximum absolute atomic E-state index is 13.9. The minimum absolute atomic E-state index is 0.000972. The zero-order valence-electron chi connectivity index (χ0n) is 8.50. The van der Waals surface area contributed by atoms with Crippen molar-refractivity contribution in [3.63, 3.8) is 0 Å². The average Bonchev–Trinajstić information content (AvgIpc) is 2.16. The van der Waals surface area contributed by atoms with E-state index in [1.807, 2.05) is 5.92 Å². The first-order chi connectivity index (χ1) is 6.38. The van der Waals surface area contributed by atoms with E-state index in [9.17, 15) is 13.8 Å². The predicted molar refractivity (Wildman–Crippen MR) is 53.6 cm³/mol. The summed E-state index contributed by atoms with van der Waals surface area (Å²) < 4.78 is 25.9. The fourth-order valence-electron chi connectivity index (χ4n) is 1.15. The zero-order chi connectivity index (χ0) is 11.4. The summed E-state index contributed by atoms with van der Waals surface area (Å²) in [6, 6.07) is 0. The number of carboxylic acids is 1. The van der Waals surface area contributed by atoms with Gasteiger partial charge in [0.05, 0.1) is 0 Å². The lowest BCUT2D eigenvalue weighted by Crippen LogP contribution is -2.33. The highest BCUT2D eigenvalue weighted by molar-refractivity contribution is 7.66. The van der Waals surface area contributed by atoms with Crippen LogP contribution in [0.4, 0.5) is 4.39 Å². The van der Waals surface area contributed by atoms with Crippen LogP contribution in [0.5, 0.6) is 0 Å². The van der Waals surface area contributed by atoms with Crippen molar-refractivity contribution in [2.24, 2.45) is 0 Å². The first-order valence-corrected chi connectivity index (χ1v) is 6.40. The van der Waals surface area contributed by atoms with Crippen molar-refractivity contribution in [1.29, 1.82) is 0 Å². The molecular formula is C9H14FO3P. The van der Waals surface area contributed by atoms with E-state index in [0.717, 1.165) is 0 Å². The predicted octanol–water partition coefficient (Wildman–Crippen LogP) is 2.16. The van der Waals surface area contributed by atoms with E-state index in [-0.39, 0.29) is 12.3 Å². The van der Waals surface area contributed by atoms with Crippen LogP contribution in [-0.2, 0) is 9.36 Å². The maximum Gasteiger partial charge on any atom is 0.362 e. The Hall–Kier alpha value is -0.810. The van der Waals surface area contributed by atoms with Gasteiger partial charge >= 0.3 is 11.4 Å². The number of carboxylic acid groups (broad SMARTS) is 1. The molecule has 0 aromatic heterocycles. The number of carbonyl (C=O) groups is 1. The van der Waals surface area contributed by atoms with Gasteiger partial charge < -0.3 is 9.67 Å². The summed E-state index contributed by atoms with van der Waals surface area (Å²) in [5, 5.41) is 5.83. The van der Waals surface area contributed by atoms with E-state index in [2.05, 4.69) is 5.92 Å². The molecule has 0 amide bonds. The number of aliphatic carboxylic acids is 1. The molecule has 0 aliphatic rings. The number of halogens is 1. The molecule has 0 saturated carbocycles. The van der Waals surface area contributed by atoms with Crippen LogP contribution in [0, 0.1) is 11.8 Å².